The maximum absolute atomic E-state index is 12.8. The maximum atomic E-state index is 12.8. The molecular weight excluding hydrogens is 404 g/mol. The maximum Gasteiger partial charge on any atom is 0.337 e. The van der Waals surface area contributed by atoms with Gasteiger partial charge in [-0.25, -0.2) is 4.79 Å². The van der Waals surface area contributed by atoms with Gasteiger partial charge in [0.15, 0.2) is 5.76 Å². The van der Waals surface area contributed by atoms with Gasteiger partial charge in [0.25, 0.3) is 0 Å². The molecule has 1 aliphatic rings. The number of hydrogen-bond acceptors (Lipinski definition) is 5. The number of fused-ring (bicyclic) bond motifs is 1. The molecule has 0 bridgehead atoms. The average Bonchev–Trinajstić information content (AvgIpc) is 3.15. The van der Waals surface area contributed by atoms with Gasteiger partial charge in [-0.15, -0.1) is 0 Å². The molecule has 3 aromatic rings. The molecule has 5 nitrogen and oxygen atoms in total. The van der Waals surface area contributed by atoms with Crippen LogP contribution in [0.25, 0.3) is 6.08 Å². The predicted molar refractivity (Wildman–Crippen MR) is 122 cm³/mol. The molecule has 0 spiro atoms. The zero-order valence-corrected chi connectivity index (χ0v) is 18.3. The number of Topliss-reactive ketones (excluding diaryl/α,β-unsaturated/α-hetero) is 1. The Morgan fingerprint density at radius 2 is 1.66 bits per heavy atom. The zero-order chi connectivity index (χ0) is 22.7. The summed E-state index contributed by atoms with van der Waals surface area (Å²) in [6, 6.07) is 18.6. The molecule has 0 fully saturated rings. The third kappa shape index (κ3) is 4.28. The van der Waals surface area contributed by atoms with E-state index in [1.807, 2.05) is 43.3 Å². The molecule has 0 saturated heterocycles. The SMILES string of the molecule is CCc1ccc(/C=C2\Oc3c(ccc(OCc4ccc(C(=O)OC)cc4)c3C)C2=O)cc1. The van der Waals surface area contributed by atoms with Crippen molar-refractivity contribution in [1.82, 2.24) is 0 Å². The van der Waals surface area contributed by atoms with Crippen molar-refractivity contribution < 1.29 is 23.8 Å². The van der Waals surface area contributed by atoms with E-state index in [1.54, 1.807) is 30.3 Å². The highest BCUT2D eigenvalue weighted by molar-refractivity contribution is 6.15. The lowest BCUT2D eigenvalue weighted by Gasteiger charge is -2.12. The lowest BCUT2D eigenvalue weighted by Crippen LogP contribution is -2.02. The summed E-state index contributed by atoms with van der Waals surface area (Å²) < 4.78 is 16.6. The van der Waals surface area contributed by atoms with Gasteiger partial charge >= 0.3 is 5.97 Å². The second-order valence-electron chi connectivity index (χ2n) is 7.58. The minimum atomic E-state index is -0.376. The number of rotatable bonds is 6. The van der Waals surface area contributed by atoms with Crippen molar-refractivity contribution in [1.29, 1.82) is 0 Å². The van der Waals surface area contributed by atoms with Gasteiger partial charge in [0, 0.05) is 5.56 Å². The molecule has 1 aliphatic heterocycles. The highest BCUT2D eigenvalue weighted by Gasteiger charge is 2.30. The number of methoxy groups -OCH3 is 1. The standard InChI is InChI=1S/C27H24O5/c1-4-18-5-7-19(8-6-18)15-24-25(28)22-13-14-23(17(2)26(22)32-24)31-16-20-9-11-21(12-10-20)27(29)30-3/h5-15H,4,16H2,1-3H3/b24-15-. The third-order valence-corrected chi connectivity index (χ3v) is 5.49. The molecule has 0 aromatic heterocycles. The van der Waals surface area contributed by atoms with Gasteiger partial charge in [0.2, 0.25) is 5.78 Å². The van der Waals surface area contributed by atoms with E-state index in [-0.39, 0.29) is 11.8 Å². The number of esters is 1. The van der Waals surface area contributed by atoms with Gasteiger partial charge in [-0.3, -0.25) is 4.79 Å². The molecule has 3 aromatic carbocycles. The molecule has 0 N–H and O–H groups in total. The smallest absolute Gasteiger partial charge is 0.337 e. The van der Waals surface area contributed by atoms with Crippen LogP contribution in [0.2, 0.25) is 0 Å². The van der Waals surface area contributed by atoms with Gasteiger partial charge in [0.05, 0.1) is 18.2 Å². The number of ether oxygens (including phenoxy) is 3. The third-order valence-electron chi connectivity index (χ3n) is 5.49. The lowest BCUT2D eigenvalue weighted by molar-refractivity contribution is 0.0600. The van der Waals surface area contributed by atoms with Crippen LogP contribution in [0.15, 0.2) is 66.4 Å². The van der Waals surface area contributed by atoms with Gasteiger partial charge in [-0.1, -0.05) is 43.3 Å². The van der Waals surface area contributed by atoms with E-state index in [4.69, 9.17) is 14.2 Å². The van der Waals surface area contributed by atoms with Crippen molar-refractivity contribution in [2.24, 2.45) is 0 Å². The van der Waals surface area contributed by atoms with Crippen molar-refractivity contribution in [3.05, 3.63) is 99.8 Å². The Balaban J connectivity index is 1.49. The number of aryl methyl sites for hydroxylation is 1. The van der Waals surface area contributed by atoms with E-state index in [0.29, 0.717) is 35.0 Å². The number of carbonyl (C=O) groups is 2. The monoisotopic (exact) mass is 428 g/mol. The molecule has 0 amide bonds. The molecule has 0 unspecified atom stereocenters. The number of benzene rings is 3. The van der Waals surface area contributed by atoms with Crippen molar-refractivity contribution in [2.75, 3.05) is 7.11 Å². The Kier molecular flexibility index (Phi) is 6.08. The summed E-state index contributed by atoms with van der Waals surface area (Å²) >= 11 is 0. The van der Waals surface area contributed by atoms with Crippen molar-refractivity contribution >= 4 is 17.8 Å². The quantitative estimate of drug-likeness (QED) is 0.381. The van der Waals surface area contributed by atoms with E-state index < -0.39 is 0 Å². The van der Waals surface area contributed by atoms with E-state index >= 15 is 0 Å². The summed E-state index contributed by atoms with van der Waals surface area (Å²) in [7, 11) is 1.35. The average molecular weight is 428 g/mol. The number of carbonyl (C=O) groups excluding carboxylic acids is 2. The molecular formula is C27H24O5. The molecule has 0 saturated carbocycles. The molecule has 5 heteroatoms. The molecule has 32 heavy (non-hydrogen) atoms. The number of hydrogen-bond donors (Lipinski definition) is 0. The Morgan fingerprint density at radius 3 is 2.31 bits per heavy atom. The van der Waals surface area contributed by atoms with E-state index in [0.717, 1.165) is 23.1 Å². The van der Waals surface area contributed by atoms with Crippen LogP contribution in [-0.4, -0.2) is 18.9 Å². The van der Waals surface area contributed by atoms with Crippen LogP contribution < -0.4 is 9.47 Å². The second kappa shape index (κ2) is 9.10. The van der Waals surface area contributed by atoms with Crippen LogP contribution in [0.5, 0.6) is 11.5 Å². The van der Waals surface area contributed by atoms with Crippen molar-refractivity contribution in [2.45, 2.75) is 26.9 Å². The van der Waals surface area contributed by atoms with Gasteiger partial charge < -0.3 is 14.2 Å². The highest BCUT2D eigenvalue weighted by atomic mass is 16.5. The topological polar surface area (TPSA) is 61.8 Å². The molecule has 162 valence electrons. The van der Waals surface area contributed by atoms with Crippen LogP contribution in [0.4, 0.5) is 0 Å². The van der Waals surface area contributed by atoms with Gasteiger partial charge in [0.1, 0.15) is 18.1 Å². The van der Waals surface area contributed by atoms with Crippen LogP contribution in [-0.2, 0) is 17.8 Å². The highest BCUT2D eigenvalue weighted by Crippen LogP contribution is 2.39. The Bertz CT molecular complexity index is 1190. The van der Waals surface area contributed by atoms with Crippen molar-refractivity contribution in [3.63, 3.8) is 0 Å². The first kappa shape index (κ1) is 21.4. The molecule has 4 rings (SSSR count). The predicted octanol–water partition coefficient (Wildman–Crippen LogP) is 5.54. The van der Waals surface area contributed by atoms with Crippen LogP contribution >= 0.6 is 0 Å². The number of ketones is 1. The summed E-state index contributed by atoms with van der Waals surface area (Å²) in [5, 5.41) is 0. The lowest BCUT2D eigenvalue weighted by atomic mass is 10.0. The molecule has 0 radical (unpaired) electrons. The summed E-state index contributed by atoms with van der Waals surface area (Å²) in [5.74, 6) is 0.974. The molecule has 0 atom stereocenters. The first-order chi connectivity index (χ1) is 15.5. The van der Waals surface area contributed by atoms with Crippen molar-refractivity contribution in [3.8, 4) is 11.5 Å². The minimum Gasteiger partial charge on any atom is -0.488 e. The second-order valence-corrected chi connectivity index (χ2v) is 7.58. The Hall–Kier alpha value is -3.86. The molecule has 0 aliphatic carbocycles. The Labute approximate surface area is 187 Å². The summed E-state index contributed by atoms with van der Waals surface area (Å²) in [4.78, 5) is 24.4. The Morgan fingerprint density at radius 1 is 0.969 bits per heavy atom. The first-order valence-electron chi connectivity index (χ1n) is 10.5. The largest absolute Gasteiger partial charge is 0.488 e. The first-order valence-corrected chi connectivity index (χ1v) is 10.5. The zero-order valence-electron chi connectivity index (χ0n) is 18.3. The summed E-state index contributed by atoms with van der Waals surface area (Å²) in [6.45, 7) is 4.30. The fourth-order valence-electron chi connectivity index (χ4n) is 3.54. The molecule has 1 heterocycles. The van der Waals surface area contributed by atoms with E-state index in [2.05, 4.69) is 6.92 Å². The number of allylic oxidation sites excluding steroid dienone is 1. The fraction of sp³-hybridized carbons (Fsp3) is 0.185. The van der Waals surface area contributed by atoms with Crippen LogP contribution in [0.3, 0.4) is 0 Å². The van der Waals surface area contributed by atoms with Crippen LogP contribution in [0, 0.1) is 6.92 Å². The fourth-order valence-corrected chi connectivity index (χ4v) is 3.54. The minimum absolute atomic E-state index is 0.132. The van der Waals surface area contributed by atoms with E-state index in [1.165, 1.54) is 12.7 Å². The summed E-state index contributed by atoms with van der Waals surface area (Å²) in [6.07, 6.45) is 2.74. The van der Waals surface area contributed by atoms with Gasteiger partial charge in [-0.05, 0) is 60.4 Å². The van der Waals surface area contributed by atoms with Gasteiger partial charge in [-0.2, -0.15) is 0 Å². The summed E-state index contributed by atoms with van der Waals surface area (Å²) in [5.41, 5.74) is 4.86. The van der Waals surface area contributed by atoms with E-state index in [9.17, 15) is 9.59 Å². The normalized spacial score (nSPS) is 13.6. The van der Waals surface area contributed by atoms with Crippen LogP contribution in [0.1, 0.15) is 49.9 Å².